The van der Waals surface area contributed by atoms with E-state index in [1.807, 2.05) is 26.4 Å². The van der Waals surface area contributed by atoms with Crippen molar-refractivity contribution in [3.05, 3.63) is 18.2 Å². The minimum absolute atomic E-state index is 0.307. The second-order valence-electron chi connectivity index (χ2n) is 3.48. The lowest BCUT2D eigenvalue weighted by atomic mass is 10.1. The fourth-order valence-electron chi connectivity index (χ4n) is 1.35. The number of halogens is 1. The normalized spacial score (nSPS) is 13.2. The van der Waals surface area contributed by atoms with E-state index < -0.39 is 0 Å². The van der Waals surface area contributed by atoms with Gasteiger partial charge in [-0.1, -0.05) is 6.42 Å². The van der Waals surface area contributed by atoms with Crippen LogP contribution in [0, 0.1) is 0 Å². The third-order valence-electron chi connectivity index (χ3n) is 2.17. The van der Waals surface area contributed by atoms with Crippen molar-refractivity contribution in [1.82, 2.24) is 9.55 Å². The molecule has 0 bridgehead atoms. The van der Waals surface area contributed by atoms with Gasteiger partial charge < -0.3 is 4.57 Å². The topological polar surface area (TPSA) is 17.8 Å². The summed E-state index contributed by atoms with van der Waals surface area (Å²) in [5, 5.41) is 0.307. The molecule has 0 aliphatic heterocycles. The molecule has 0 saturated heterocycles. The molecule has 0 spiro atoms. The smallest absolute Gasteiger partial charge is 0.108 e. The molecule has 1 atom stereocenters. The highest BCUT2D eigenvalue weighted by Gasteiger charge is 2.00. The van der Waals surface area contributed by atoms with Crippen LogP contribution in [0.3, 0.4) is 0 Å². The molecule has 1 aromatic heterocycles. The Morgan fingerprint density at radius 1 is 1.54 bits per heavy atom. The van der Waals surface area contributed by atoms with Crippen LogP contribution in [0.15, 0.2) is 12.4 Å². The van der Waals surface area contributed by atoms with E-state index in [1.165, 1.54) is 18.7 Å². The average molecular weight is 201 g/mol. The molecule has 0 aromatic carbocycles. The Balaban J connectivity index is 2.17. The largest absolute Gasteiger partial charge is 0.338 e. The number of imidazole rings is 1. The fraction of sp³-hybridized carbons (Fsp3) is 0.700. The summed E-state index contributed by atoms with van der Waals surface area (Å²) in [4.78, 5) is 4.26. The molecule has 0 N–H and O–H groups in total. The van der Waals surface area contributed by atoms with E-state index in [1.54, 1.807) is 0 Å². The van der Waals surface area contributed by atoms with Crippen LogP contribution in [0.1, 0.15) is 32.0 Å². The summed E-state index contributed by atoms with van der Waals surface area (Å²) in [6.07, 6.45) is 8.37. The second kappa shape index (κ2) is 5.28. The van der Waals surface area contributed by atoms with Crippen LogP contribution >= 0.6 is 11.6 Å². The maximum absolute atomic E-state index is 5.85. The van der Waals surface area contributed by atoms with Gasteiger partial charge in [-0.2, -0.15) is 0 Å². The zero-order chi connectivity index (χ0) is 9.68. The van der Waals surface area contributed by atoms with E-state index in [4.69, 9.17) is 11.6 Å². The first-order valence-corrected chi connectivity index (χ1v) is 5.24. The molecular weight excluding hydrogens is 184 g/mol. The molecule has 1 aromatic rings. The molecule has 2 nitrogen and oxygen atoms in total. The van der Waals surface area contributed by atoms with Crippen molar-refractivity contribution in [1.29, 1.82) is 0 Å². The van der Waals surface area contributed by atoms with Gasteiger partial charge in [0.25, 0.3) is 0 Å². The van der Waals surface area contributed by atoms with E-state index >= 15 is 0 Å². The van der Waals surface area contributed by atoms with Crippen LogP contribution in [0.4, 0.5) is 0 Å². The first-order valence-electron chi connectivity index (χ1n) is 4.80. The molecule has 1 rings (SSSR count). The zero-order valence-corrected chi connectivity index (χ0v) is 9.09. The molecule has 1 unspecified atom stereocenters. The van der Waals surface area contributed by atoms with E-state index in [2.05, 4.69) is 9.55 Å². The van der Waals surface area contributed by atoms with Crippen molar-refractivity contribution in [3.8, 4) is 0 Å². The monoisotopic (exact) mass is 200 g/mol. The van der Waals surface area contributed by atoms with Crippen LogP contribution in [-0.4, -0.2) is 14.9 Å². The summed E-state index contributed by atoms with van der Waals surface area (Å²) in [5.74, 6) is 1.17. The summed E-state index contributed by atoms with van der Waals surface area (Å²) < 4.78 is 2.07. The number of rotatable bonds is 5. The first-order chi connectivity index (χ1) is 6.20. The second-order valence-corrected chi connectivity index (χ2v) is 4.23. The molecule has 3 heteroatoms. The van der Waals surface area contributed by atoms with Gasteiger partial charge in [-0.05, 0) is 19.8 Å². The van der Waals surface area contributed by atoms with Crippen LogP contribution in [0.5, 0.6) is 0 Å². The van der Waals surface area contributed by atoms with Crippen molar-refractivity contribution >= 4 is 11.6 Å². The number of aryl methyl sites for hydroxylation is 2. The number of hydrogen-bond acceptors (Lipinski definition) is 1. The van der Waals surface area contributed by atoms with E-state index in [9.17, 15) is 0 Å². The van der Waals surface area contributed by atoms with Crippen molar-refractivity contribution in [2.75, 3.05) is 0 Å². The maximum atomic E-state index is 5.85. The van der Waals surface area contributed by atoms with Crippen LogP contribution in [0.25, 0.3) is 0 Å². The van der Waals surface area contributed by atoms with Crippen LogP contribution in [-0.2, 0) is 13.5 Å². The Kier molecular flexibility index (Phi) is 4.29. The number of aromatic nitrogens is 2. The van der Waals surface area contributed by atoms with Gasteiger partial charge in [0.2, 0.25) is 0 Å². The minimum atomic E-state index is 0.307. The maximum Gasteiger partial charge on any atom is 0.108 e. The standard InChI is InChI=1S/C10H17ClN2/c1-9(11)5-3-4-6-10-12-7-8-13(10)2/h7-9H,3-6H2,1-2H3. The molecule has 0 amide bonds. The number of hydrogen-bond donors (Lipinski definition) is 0. The number of alkyl halides is 1. The van der Waals surface area contributed by atoms with Crippen molar-refractivity contribution in [2.24, 2.45) is 7.05 Å². The predicted octanol–water partition coefficient (Wildman–Crippen LogP) is 2.76. The Bertz CT molecular complexity index is 243. The molecule has 0 saturated carbocycles. The molecule has 0 aliphatic carbocycles. The summed E-state index contributed by atoms with van der Waals surface area (Å²) in [5.41, 5.74) is 0. The van der Waals surface area contributed by atoms with E-state index in [0.717, 1.165) is 12.8 Å². The Hall–Kier alpha value is -0.500. The van der Waals surface area contributed by atoms with Gasteiger partial charge >= 0.3 is 0 Å². The highest BCUT2D eigenvalue weighted by Crippen LogP contribution is 2.08. The molecule has 1 heterocycles. The predicted molar refractivity (Wildman–Crippen MR) is 56.1 cm³/mol. The summed E-state index contributed by atoms with van der Waals surface area (Å²) in [6.45, 7) is 2.04. The van der Waals surface area contributed by atoms with Gasteiger partial charge in [-0.15, -0.1) is 11.6 Å². The van der Waals surface area contributed by atoms with E-state index in [0.29, 0.717) is 5.38 Å². The zero-order valence-electron chi connectivity index (χ0n) is 8.33. The van der Waals surface area contributed by atoms with Gasteiger partial charge in [0.1, 0.15) is 5.82 Å². The number of nitrogens with zero attached hydrogens (tertiary/aromatic N) is 2. The van der Waals surface area contributed by atoms with Gasteiger partial charge in [0.15, 0.2) is 0 Å². The highest BCUT2D eigenvalue weighted by atomic mass is 35.5. The summed E-state index contributed by atoms with van der Waals surface area (Å²) in [7, 11) is 2.03. The lowest BCUT2D eigenvalue weighted by Crippen LogP contribution is -1.98. The lowest BCUT2D eigenvalue weighted by Gasteiger charge is -2.03. The molecular formula is C10H17ClN2. The summed E-state index contributed by atoms with van der Waals surface area (Å²) in [6, 6.07) is 0. The average Bonchev–Trinajstić information content (AvgIpc) is 2.45. The van der Waals surface area contributed by atoms with Gasteiger partial charge in [0.05, 0.1) is 0 Å². The summed E-state index contributed by atoms with van der Waals surface area (Å²) >= 11 is 5.85. The molecule has 74 valence electrons. The van der Waals surface area contributed by atoms with Crippen molar-refractivity contribution in [3.63, 3.8) is 0 Å². The Morgan fingerprint density at radius 2 is 2.31 bits per heavy atom. The van der Waals surface area contributed by atoms with Crippen LogP contribution < -0.4 is 0 Å². The first kappa shape index (κ1) is 10.6. The third-order valence-corrected chi connectivity index (χ3v) is 2.39. The SMILES string of the molecule is CC(Cl)CCCCc1nccn1C. The highest BCUT2D eigenvalue weighted by molar-refractivity contribution is 6.20. The number of unbranched alkanes of at least 4 members (excludes halogenated alkanes) is 1. The van der Waals surface area contributed by atoms with E-state index in [-0.39, 0.29) is 0 Å². The van der Waals surface area contributed by atoms with Crippen molar-refractivity contribution in [2.45, 2.75) is 38.0 Å². The van der Waals surface area contributed by atoms with Crippen LogP contribution in [0.2, 0.25) is 0 Å². The van der Waals surface area contributed by atoms with Gasteiger partial charge in [-0.25, -0.2) is 4.98 Å². The lowest BCUT2D eigenvalue weighted by molar-refractivity contribution is 0.642. The molecule has 0 fully saturated rings. The third kappa shape index (κ3) is 3.81. The molecule has 0 aliphatic rings. The van der Waals surface area contributed by atoms with Gasteiger partial charge in [0, 0.05) is 31.2 Å². The fourth-order valence-corrected chi connectivity index (χ4v) is 1.50. The quantitative estimate of drug-likeness (QED) is 0.528. The Morgan fingerprint density at radius 3 is 2.85 bits per heavy atom. The van der Waals surface area contributed by atoms with Crippen molar-refractivity contribution < 1.29 is 0 Å². The molecule has 13 heavy (non-hydrogen) atoms. The molecule has 0 radical (unpaired) electrons. The minimum Gasteiger partial charge on any atom is -0.338 e. The van der Waals surface area contributed by atoms with Gasteiger partial charge in [-0.3, -0.25) is 0 Å². The Labute approximate surface area is 84.9 Å².